The van der Waals surface area contributed by atoms with Gasteiger partial charge in [0.1, 0.15) is 5.76 Å². The molecule has 4 rings (SSSR count). The average Bonchev–Trinajstić information content (AvgIpc) is 3.14. The number of Topliss-reactive ketones (excluding diaryl/α,β-unsaturated/α-hetero) is 1. The number of carbonyl (C=O) groups is 2. The van der Waals surface area contributed by atoms with E-state index in [1.165, 1.54) is 0 Å². The highest BCUT2D eigenvalue weighted by Gasteiger charge is 2.37. The maximum absolute atomic E-state index is 13.1. The van der Waals surface area contributed by atoms with E-state index in [4.69, 9.17) is 5.11 Å². The summed E-state index contributed by atoms with van der Waals surface area (Å²) in [4.78, 5) is 24.2. The van der Waals surface area contributed by atoms with Gasteiger partial charge in [0, 0.05) is 34.6 Å². The fraction of sp³-hybridized carbons (Fsp3) is 0.214. The minimum Gasteiger partial charge on any atom is -0.506 e. The molecule has 0 amide bonds. The van der Waals surface area contributed by atoms with E-state index >= 15 is 0 Å². The van der Waals surface area contributed by atoms with Gasteiger partial charge in [0.05, 0.1) is 17.6 Å². The molecule has 1 aromatic heterocycles. The van der Waals surface area contributed by atoms with Gasteiger partial charge in [0.25, 0.3) is 0 Å². The van der Waals surface area contributed by atoms with E-state index in [1.54, 1.807) is 12.3 Å². The number of carbonyl (C=O) groups excluding carboxylic acids is 1. The monoisotopic (exact) mass is 441 g/mol. The number of aliphatic hydroxyl groups excluding tert-OH is 1. The van der Waals surface area contributed by atoms with Gasteiger partial charge >= 0.3 is 5.97 Å². The molecule has 33 heavy (non-hydrogen) atoms. The number of hydrogen-bond acceptors (Lipinski definition) is 3. The second-order valence-electron chi connectivity index (χ2n) is 8.97. The normalized spacial score (nSPS) is 15.2. The highest BCUT2D eigenvalue weighted by atomic mass is 16.4. The van der Waals surface area contributed by atoms with Gasteiger partial charge in [-0.3, -0.25) is 9.59 Å². The molecule has 168 valence electrons. The molecule has 0 radical (unpaired) electrons. The van der Waals surface area contributed by atoms with Crippen molar-refractivity contribution in [1.82, 2.24) is 4.57 Å². The Hall–Kier alpha value is -3.86. The van der Waals surface area contributed by atoms with Crippen molar-refractivity contribution in [3.63, 3.8) is 0 Å². The maximum atomic E-state index is 13.1. The smallest absolute Gasteiger partial charge is 0.305 e. The fourth-order valence-corrected chi connectivity index (χ4v) is 4.45. The van der Waals surface area contributed by atoms with E-state index in [0.29, 0.717) is 5.56 Å². The summed E-state index contributed by atoms with van der Waals surface area (Å²) in [6, 6.07) is 15.5. The Morgan fingerprint density at radius 2 is 1.79 bits per heavy atom. The first-order valence-electron chi connectivity index (χ1n) is 10.9. The number of ketones is 1. The molecule has 1 aliphatic carbocycles. The summed E-state index contributed by atoms with van der Waals surface area (Å²) in [5, 5.41) is 20.7. The first-order chi connectivity index (χ1) is 15.6. The Kier molecular flexibility index (Phi) is 5.58. The molecular weight excluding hydrogens is 414 g/mol. The second kappa shape index (κ2) is 8.24. The minimum atomic E-state index is -0.892. The second-order valence-corrected chi connectivity index (χ2v) is 8.97. The SMILES string of the molecule is C=C(/C=C1\C(=O)C(c2cn(CCC(=O)O)c3ccccc23)=C1O)C(C)(C)c1ccccc1C. The number of aliphatic hydroxyl groups is 1. The van der Waals surface area contributed by atoms with Crippen molar-refractivity contribution < 1.29 is 19.8 Å². The van der Waals surface area contributed by atoms with E-state index in [1.807, 2.05) is 54.0 Å². The summed E-state index contributed by atoms with van der Waals surface area (Å²) >= 11 is 0. The van der Waals surface area contributed by atoms with Crippen LogP contribution in [0.5, 0.6) is 0 Å². The summed E-state index contributed by atoms with van der Waals surface area (Å²) in [6.07, 6.45) is 3.40. The molecule has 0 spiro atoms. The average molecular weight is 442 g/mol. The number of hydrogen-bond donors (Lipinski definition) is 2. The molecule has 0 aliphatic heterocycles. The highest BCUT2D eigenvalue weighted by Crippen LogP contribution is 2.42. The summed E-state index contributed by atoms with van der Waals surface area (Å²) in [6.45, 7) is 10.6. The molecule has 0 unspecified atom stereocenters. The van der Waals surface area contributed by atoms with Crippen molar-refractivity contribution in [3.8, 4) is 0 Å². The Morgan fingerprint density at radius 1 is 1.12 bits per heavy atom. The summed E-state index contributed by atoms with van der Waals surface area (Å²) in [7, 11) is 0. The third kappa shape index (κ3) is 3.80. The molecule has 0 fully saturated rings. The van der Waals surface area contributed by atoms with Gasteiger partial charge in [-0.25, -0.2) is 0 Å². The number of allylic oxidation sites excluding steroid dienone is 4. The molecule has 3 aromatic rings. The standard InChI is InChI=1S/C28H27NO4/c1-17-9-5-7-11-22(17)28(3,4)18(2)15-20-26(32)25(27(20)33)21-16-29(14-13-24(30)31)23-12-8-6-10-19(21)23/h5-12,15-16,32H,2,13-14H2,1,3-4H3,(H,30,31)/b20-15-. The van der Waals surface area contributed by atoms with E-state index < -0.39 is 11.4 Å². The number of aliphatic carboxylic acids is 1. The quantitative estimate of drug-likeness (QED) is 0.459. The molecule has 2 aromatic carbocycles. The molecule has 2 N–H and O–H groups in total. The lowest BCUT2D eigenvalue weighted by Crippen LogP contribution is -2.24. The van der Waals surface area contributed by atoms with Crippen LogP contribution in [0.1, 0.15) is 37.0 Å². The summed E-state index contributed by atoms with van der Waals surface area (Å²) in [5.41, 5.74) is 4.51. The highest BCUT2D eigenvalue weighted by molar-refractivity contribution is 6.40. The largest absolute Gasteiger partial charge is 0.506 e. The van der Waals surface area contributed by atoms with Gasteiger partial charge in [0.15, 0.2) is 0 Å². The molecule has 5 heteroatoms. The third-order valence-corrected chi connectivity index (χ3v) is 6.53. The minimum absolute atomic E-state index is 0.0317. The molecule has 5 nitrogen and oxygen atoms in total. The first kappa shape index (κ1) is 22.3. The summed E-state index contributed by atoms with van der Waals surface area (Å²) < 4.78 is 1.81. The van der Waals surface area contributed by atoms with Crippen molar-refractivity contribution in [3.05, 3.63) is 101 Å². The molecule has 0 atom stereocenters. The number of para-hydroxylation sites is 1. The van der Waals surface area contributed by atoms with Gasteiger partial charge in [-0.15, -0.1) is 0 Å². The number of aromatic nitrogens is 1. The Balaban J connectivity index is 1.71. The van der Waals surface area contributed by atoms with Crippen LogP contribution in [0.15, 0.2) is 84.3 Å². The molecule has 0 saturated heterocycles. The van der Waals surface area contributed by atoms with Crippen LogP contribution in [0, 0.1) is 6.92 Å². The zero-order chi connectivity index (χ0) is 23.9. The Morgan fingerprint density at radius 3 is 2.45 bits per heavy atom. The number of benzene rings is 2. The van der Waals surface area contributed by atoms with Crippen LogP contribution >= 0.6 is 0 Å². The van der Waals surface area contributed by atoms with Crippen LogP contribution in [-0.4, -0.2) is 26.5 Å². The van der Waals surface area contributed by atoms with Crippen molar-refractivity contribution >= 4 is 28.2 Å². The fourth-order valence-electron chi connectivity index (χ4n) is 4.45. The van der Waals surface area contributed by atoms with Gasteiger partial charge in [-0.05, 0) is 35.8 Å². The van der Waals surface area contributed by atoms with E-state index in [9.17, 15) is 14.7 Å². The zero-order valence-electron chi connectivity index (χ0n) is 19.1. The van der Waals surface area contributed by atoms with Crippen LogP contribution in [-0.2, 0) is 21.5 Å². The third-order valence-electron chi connectivity index (χ3n) is 6.53. The number of carboxylic acid groups (broad SMARTS) is 1. The molecule has 0 bridgehead atoms. The number of carboxylic acids is 1. The van der Waals surface area contributed by atoms with Crippen LogP contribution < -0.4 is 0 Å². The number of rotatable bonds is 7. The van der Waals surface area contributed by atoms with Crippen molar-refractivity contribution in [2.45, 2.75) is 39.2 Å². The van der Waals surface area contributed by atoms with Crippen LogP contribution in [0.2, 0.25) is 0 Å². The predicted octanol–water partition coefficient (Wildman–Crippen LogP) is 5.74. The van der Waals surface area contributed by atoms with Gasteiger partial charge in [0.2, 0.25) is 5.78 Å². The van der Waals surface area contributed by atoms with Gasteiger partial charge < -0.3 is 14.8 Å². The molecule has 1 aliphatic rings. The molecular formula is C28H27NO4. The summed E-state index contributed by atoms with van der Waals surface area (Å²) in [5.74, 6) is -1.19. The number of nitrogens with zero attached hydrogens (tertiary/aromatic N) is 1. The Labute approximate surface area is 193 Å². The van der Waals surface area contributed by atoms with E-state index in [2.05, 4.69) is 26.5 Å². The van der Waals surface area contributed by atoms with Crippen molar-refractivity contribution in [1.29, 1.82) is 0 Å². The van der Waals surface area contributed by atoms with E-state index in [0.717, 1.165) is 27.6 Å². The van der Waals surface area contributed by atoms with Crippen molar-refractivity contribution in [2.24, 2.45) is 0 Å². The van der Waals surface area contributed by atoms with Gasteiger partial charge in [-0.1, -0.05) is 62.9 Å². The number of aryl methyl sites for hydroxylation is 2. The predicted molar refractivity (Wildman–Crippen MR) is 130 cm³/mol. The lowest BCUT2D eigenvalue weighted by atomic mass is 9.74. The lowest BCUT2D eigenvalue weighted by molar-refractivity contribution is -0.137. The maximum Gasteiger partial charge on any atom is 0.305 e. The number of fused-ring (bicyclic) bond motifs is 1. The van der Waals surface area contributed by atoms with Crippen LogP contribution in [0.25, 0.3) is 16.5 Å². The van der Waals surface area contributed by atoms with Crippen LogP contribution in [0.4, 0.5) is 0 Å². The van der Waals surface area contributed by atoms with Crippen LogP contribution in [0.3, 0.4) is 0 Å². The molecule has 0 saturated carbocycles. The molecule has 1 heterocycles. The van der Waals surface area contributed by atoms with Crippen molar-refractivity contribution in [2.75, 3.05) is 0 Å². The first-order valence-corrected chi connectivity index (χ1v) is 10.9. The van der Waals surface area contributed by atoms with Gasteiger partial charge in [-0.2, -0.15) is 0 Å². The Bertz CT molecular complexity index is 1370. The lowest BCUT2D eigenvalue weighted by Gasteiger charge is -2.30. The van der Waals surface area contributed by atoms with E-state index in [-0.39, 0.29) is 35.7 Å². The topological polar surface area (TPSA) is 79.5 Å². The zero-order valence-corrected chi connectivity index (χ0v) is 19.1.